The Morgan fingerprint density at radius 1 is 0.536 bits per heavy atom. The van der Waals surface area contributed by atoms with E-state index in [0.29, 0.717) is 131 Å². The summed E-state index contributed by atoms with van der Waals surface area (Å²) in [4.78, 5) is 29.7. The number of urea groups is 1. The fourth-order valence-corrected chi connectivity index (χ4v) is 13.5. The molecule has 2 heterocycles. The van der Waals surface area contributed by atoms with Crippen LogP contribution in [0.1, 0.15) is 82.9 Å². The lowest BCUT2D eigenvalue weighted by Crippen LogP contribution is -2.31. The van der Waals surface area contributed by atoms with Crippen LogP contribution >= 0.6 is 46.4 Å². The number of carbonyl (C=O) groups is 2. The van der Waals surface area contributed by atoms with Gasteiger partial charge < -0.3 is 48.9 Å². The molecule has 0 aliphatic carbocycles. The summed E-state index contributed by atoms with van der Waals surface area (Å²) in [5, 5.41) is 7.99. The Bertz CT molecular complexity index is 3130. The zero-order valence-electron chi connectivity index (χ0n) is 47.7. The molecule has 7 rings (SSSR count). The van der Waals surface area contributed by atoms with Crippen LogP contribution in [-0.2, 0) is 72.6 Å². The molecule has 17 nitrogen and oxygen atoms in total. The molecule has 2 amide bonds. The summed E-state index contributed by atoms with van der Waals surface area (Å²) < 4.78 is 88.0. The number of halogens is 4. The maximum Gasteiger partial charge on any atom is 0.319 e. The number of benzene rings is 5. The number of amides is 2. The molecule has 458 valence electrons. The van der Waals surface area contributed by atoms with Crippen molar-refractivity contribution in [1.82, 2.24) is 19.8 Å². The first-order valence-electron chi connectivity index (χ1n) is 28.3. The predicted octanol–water partition coefficient (Wildman–Crippen LogP) is 10.2. The van der Waals surface area contributed by atoms with E-state index in [4.69, 9.17) is 74.8 Å². The number of sulfonamides is 1. The first kappa shape index (κ1) is 67.3. The predicted molar refractivity (Wildman–Crippen MR) is 330 cm³/mol. The number of sulfone groups is 1. The van der Waals surface area contributed by atoms with E-state index in [2.05, 4.69) is 25.2 Å². The topological polar surface area (TPSA) is 200 Å². The van der Waals surface area contributed by atoms with Crippen molar-refractivity contribution in [3.8, 4) is 0 Å². The zero-order chi connectivity index (χ0) is 59.9. The van der Waals surface area contributed by atoms with Gasteiger partial charge in [0.05, 0.1) is 81.6 Å². The fraction of sp³-hybridized carbons (Fsp3) is 0.475. The van der Waals surface area contributed by atoms with Gasteiger partial charge in [-0.25, -0.2) is 26.4 Å². The third-order valence-electron chi connectivity index (χ3n) is 14.4. The molecule has 84 heavy (non-hydrogen) atoms. The van der Waals surface area contributed by atoms with Crippen LogP contribution in [-0.4, -0.2) is 164 Å². The van der Waals surface area contributed by atoms with E-state index in [0.717, 1.165) is 71.4 Å². The maximum absolute atomic E-state index is 13.1. The molecule has 0 fully saturated rings. The molecule has 2 aliphatic heterocycles. The van der Waals surface area contributed by atoms with Gasteiger partial charge in [-0.3, -0.25) is 4.79 Å². The van der Waals surface area contributed by atoms with Gasteiger partial charge in [0.2, 0.25) is 10.0 Å². The summed E-state index contributed by atoms with van der Waals surface area (Å²) in [5.74, 6) is 0.199. The summed E-state index contributed by atoms with van der Waals surface area (Å²) in [6, 6.07) is 28.6. The van der Waals surface area contributed by atoms with E-state index in [9.17, 15) is 26.4 Å². The van der Waals surface area contributed by atoms with Crippen molar-refractivity contribution >= 4 is 83.8 Å². The van der Waals surface area contributed by atoms with Crippen LogP contribution in [0.5, 0.6) is 0 Å². The number of carbonyl (C=O) groups excluding carboxylic acids is 2. The molecule has 2 aliphatic rings. The quantitative estimate of drug-likeness (QED) is 0.0320. The van der Waals surface area contributed by atoms with E-state index in [-0.39, 0.29) is 59.0 Å². The molecule has 0 radical (unpaired) electrons. The number of ether oxygens (including phenoxy) is 6. The van der Waals surface area contributed by atoms with Crippen molar-refractivity contribution in [1.29, 1.82) is 0 Å². The Balaban J connectivity index is 0.616. The number of aryl methyl sites for hydroxylation is 1. The highest BCUT2D eigenvalue weighted by atomic mass is 35.5. The number of nitrogens with one attached hydrogen (secondary N) is 3. The van der Waals surface area contributed by atoms with E-state index in [1.165, 1.54) is 0 Å². The van der Waals surface area contributed by atoms with Gasteiger partial charge in [0, 0.05) is 103 Å². The SMILES string of the molecule is CN1Cc2c(Cl)cc(Cl)cc2C(c2ccc(S(=O)(=O)CCCOCCOCCOCCCC(=O)CCCc3ccc(NC(=O)NCCOCCOCCOCCNS(=O)(=O)c4ccc(C5CN(C)Cc6c(Cl)cc(Cl)cc65)cc4)cc3)cc2)C1. The molecule has 0 saturated heterocycles. The molecule has 5 aromatic rings. The largest absolute Gasteiger partial charge is 0.379 e. The number of nitrogens with zero attached hydrogens (tertiary/aromatic N) is 2. The summed E-state index contributed by atoms with van der Waals surface area (Å²) in [6.45, 7) is 7.37. The number of Topliss-reactive ketones (excluding diaryl/α,β-unsaturated/α-hetero) is 1. The van der Waals surface area contributed by atoms with Crippen LogP contribution in [0.25, 0.3) is 0 Å². The lowest BCUT2D eigenvalue weighted by molar-refractivity contribution is -0.119. The van der Waals surface area contributed by atoms with Gasteiger partial charge in [0.15, 0.2) is 9.84 Å². The maximum atomic E-state index is 13.1. The zero-order valence-corrected chi connectivity index (χ0v) is 52.3. The Hall–Kier alpha value is -4.26. The van der Waals surface area contributed by atoms with Crippen molar-refractivity contribution in [3.05, 3.63) is 156 Å². The van der Waals surface area contributed by atoms with Crippen molar-refractivity contribution in [2.24, 2.45) is 0 Å². The summed E-state index contributed by atoms with van der Waals surface area (Å²) in [6.07, 6.45) is 3.38. The molecular weight excluding hydrogens is 1200 g/mol. The molecular formula is C61H77Cl4N5O12S2. The van der Waals surface area contributed by atoms with Gasteiger partial charge >= 0.3 is 6.03 Å². The lowest BCUT2D eigenvalue weighted by Gasteiger charge is -2.33. The van der Waals surface area contributed by atoms with Crippen molar-refractivity contribution in [2.45, 2.75) is 73.2 Å². The molecule has 23 heteroatoms. The van der Waals surface area contributed by atoms with Crippen LogP contribution in [0.15, 0.2) is 107 Å². The second-order valence-electron chi connectivity index (χ2n) is 20.9. The minimum absolute atomic E-state index is 0.00559. The van der Waals surface area contributed by atoms with Crippen molar-refractivity contribution in [3.63, 3.8) is 0 Å². The van der Waals surface area contributed by atoms with Crippen LogP contribution in [0.3, 0.4) is 0 Å². The minimum atomic E-state index is -3.73. The highest BCUT2D eigenvalue weighted by Gasteiger charge is 2.29. The second-order valence-corrected chi connectivity index (χ2v) is 26.4. The van der Waals surface area contributed by atoms with Crippen LogP contribution in [0.4, 0.5) is 10.5 Å². The molecule has 2 atom stereocenters. The Morgan fingerprint density at radius 3 is 1.51 bits per heavy atom. The van der Waals surface area contributed by atoms with Crippen molar-refractivity contribution in [2.75, 3.05) is 131 Å². The van der Waals surface area contributed by atoms with E-state index in [1.54, 1.807) is 36.4 Å². The van der Waals surface area contributed by atoms with Crippen LogP contribution in [0.2, 0.25) is 20.1 Å². The Kier molecular flexibility index (Phi) is 27.5. The van der Waals surface area contributed by atoms with Crippen molar-refractivity contribution < 1.29 is 54.8 Å². The second kappa shape index (κ2) is 34.3. The third-order valence-corrected chi connectivity index (χ3v) is 18.8. The van der Waals surface area contributed by atoms with Gasteiger partial charge in [-0.2, -0.15) is 0 Å². The van der Waals surface area contributed by atoms with E-state index >= 15 is 0 Å². The van der Waals surface area contributed by atoms with Gasteiger partial charge in [-0.15, -0.1) is 0 Å². The number of hydrogen-bond acceptors (Lipinski definition) is 14. The van der Waals surface area contributed by atoms with Gasteiger partial charge in [0.25, 0.3) is 0 Å². The van der Waals surface area contributed by atoms with E-state index < -0.39 is 19.9 Å². The molecule has 0 bridgehead atoms. The third kappa shape index (κ3) is 21.6. The molecule has 5 aromatic carbocycles. The van der Waals surface area contributed by atoms with Crippen LogP contribution < -0.4 is 15.4 Å². The van der Waals surface area contributed by atoms with Crippen LogP contribution in [0, 0.1) is 0 Å². The average Bonchev–Trinajstić information content (AvgIpc) is 3.67. The number of hydrogen-bond donors (Lipinski definition) is 3. The monoisotopic (exact) mass is 1280 g/mol. The van der Waals surface area contributed by atoms with Gasteiger partial charge in [-0.05, 0) is 139 Å². The number of ketones is 1. The first-order chi connectivity index (χ1) is 40.5. The number of anilines is 1. The highest BCUT2D eigenvalue weighted by Crippen LogP contribution is 2.40. The number of fused-ring (bicyclic) bond motifs is 2. The summed E-state index contributed by atoms with van der Waals surface area (Å²) in [5.41, 5.74) is 7.90. The number of rotatable bonds is 36. The van der Waals surface area contributed by atoms with Gasteiger partial charge in [0.1, 0.15) is 5.78 Å². The first-order valence-corrected chi connectivity index (χ1v) is 33.0. The summed E-state index contributed by atoms with van der Waals surface area (Å²) in [7, 11) is -3.15. The minimum Gasteiger partial charge on any atom is -0.379 e. The molecule has 0 saturated carbocycles. The lowest BCUT2D eigenvalue weighted by atomic mass is 9.85. The summed E-state index contributed by atoms with van der Waals surface area (Å²) >= 11 is 25.7. The Labute approximate surface area is 515 Å². The normalized spacial score (nSPS) is 15.6. The molecule has 0 aromatic heterocycles. The highest BCUT2D eigenvalue weighted by molar-refractivity contribution is 7.91. The average molecular weight is 1280 g/mol. The molecule has 0 spiro atoms. The smallest absolute Gasteiger partial charge is 0.319 e. The van der Waals surface area contributed by atoms with Gasteiger partial charge in [-0.1, -0.05) is 82.8 Å². The standard InChI is InChI=1S/C61H77Cl4N5O12S2/c1-69-40-55(53-36-47(62)38-59(64)57(53)42-69)45-11-17-51(18-12-45)83(73,74)35-5-24-78-28-32-81-31-27-77-23-4-8-50(71)7-3-6-44-9-15-49(16-10-44)68-61(72)66-21-25-79-29-33-82-34-30-80-26-22-67-84(75,76)52-19-13-46(14-20-52)56-41-70(2)43-58-54(56)37-48(63)39-60(58)65/h9-20,36-39,55-56,67H,3-8,21-35,40-43H2,1-2H3,(H2,66,68,72). The molecule has 2 unspecified atom stereocenters. The fourth-order valence-electron chi connectivity index (χ4n) is 10.1. The number of likely N-dealkylation sites (N-methyl/N-ethyl adjacent to an activating group) is 2. The van der Waals surface area contributed by atoms with E-state index in [1.807, 2.05) is 74.8 Å². The Morgan fingerprint density at radius 2 is 0.988 bits per heavy atom. The molecule has 3 N–H and O–H groups in total.